The Bertz CT molecular complexity index is 1720. The molecule has 2 aromatic carbocycles. The quantitative estimate of drug-likeness (QED) is 0.264. The van der Waals surface area contributed by atoms with E-state index in [1.807, 2.05) is 18.2 Å². The lowest BCUT2D eigenvalue weighted by atomic mass is 9.82. The van der Waals surface area contributed by atoms with Gasteiger partial charge in [-0.2, -0.15) is 8.42 Å². The van der Waals surface area contributed by atoms with Gasteiger partial charge in [0.05, 0.1) is 23.8 Å². The van der Waals surface area contributed by atoms with Crippen molar-refractivity contribution >= 4 is 32.5 Å². The number of hydrogen-bond acceptors (Lipinski definition) is 4. The number of rotatable bonds is 6. The normalized spacial score (nSPS) is 14.1. The van der Waals surface area contributed by atoms with Crippen molar-refractivity contribution in [2.75, 3.05) is 6.61 Å². The summed E-state index contributed by atoms with van der Waals surface area (Å²) >= 11 is 0. The highest BCUT2D eigenvalue weighted by Crippen LogP contribution is 2.46. The first kappa shape index (κ1) is 29.3. The zero-order chi connectivity index (χ0) is 27.4. The minimum absolute atomic E-state index is 0. The largest absolute Gasteiger partial charge is 0.466 e. The first-order chi connectivity index (χ1) is 18.2. The smallest absolute Gasteiger partial charge is 0.309 e. The molecule has 3 aromatic rings. The van der Waals surface area contributed by atoms with Gasteiger partial charge in [0.15, 0.2) is 0 Å². The second-order valence-electron chi connectivity index (χ2n) is 9.15. The lowest BCUT2D eigenvalue weighted by Crippen LogP contribution is -2.21. The summed E-state index contributed by atoms with van der Waals surface area (Å²) < 4.78 is 47.6. The number of aromatic nitrogens is 1. The molecule has 1 aromatic heterocycles. The Morgan fingerprint density at radius 2 is 1.90 bits per heavy atom. The Hall–Kier alpha value is -4.25. The van der Waals surface area contributed by atoms with Gasteiger partial charge in [-0.3, -0.25) is 4.79 Å². The Morgan fingerprint density at radius 3 is 2.54 bits per heavy atom. The number of allylic oxidation sites excluding steroid dienone is 1. The number of esters is 1. The number of benzene rings is 2. The number of nitrogens with zero attached hydrogens (tertiary/aromatic N) is 1. The predicted octanol–water partition coefficient (Wildman–Crippen LogP) is 6.43. The second kappa shape index (κ2) is 12.1. The highest BCUT2D eigenvalue weighted by Gasteiger charge is 2.35. The third kappa shape index (κ3) is 5.93. The van der Waals surface area contributed by atoms with E-state index in [9.17, 15) is 17.6 Å². The highest BCUT2D eigenvalue weighted by molar-refractivity contribution is 7.94. The molecule has 4 rings (SSSR count). The maximum atomic E-state index is 13.8. The molecule has 0 bridgehead atoms. The van der Waals surface area contributed by atoms with Crippen LogP contribution in [0.2, 0.25) is 0 Å². The third-order valence-corrected chi connectivity index (χ3v) is 7.64. The van der Waals surface area contributed by atoms with Crippen molar-refractivity contribution in [2.24, 2.45) is 0 Å². The minimum atomic E-state index is -4.25. The Kier molecular flexibility index (Phi) is 9.08. The number of halogens is 1. The zero-order valence-corrected chi connectivity index (χ0v) is 22.2. The van der Waals surface area contributed by atoms with Crippen molar-refractivity contribution < 1.29 is 23.8 Å². The molecule has 0 radical (unpaired) electrons. The lowest BCUT2D eigenvalue weighted by molar-refractivity contribution is -0.143. The van der Waals surface area contributed by atoms with E-state index in [2.05, 4.69) is 42.8 Å². The fourth-order valence-corrected chi connectivity index (χ4v) is 5.93. The molecule has 1 aliphatic carbocycles. The van der Waals surface area contributed by atoms with E-state index in [0.717, 1.165) is 16.7 Å². The van der Waals surface area contributed by atoms with Crippen LogP contribution in [0.3, 0.4) is 0 Å². The molecule has 0 spiro atoms. The summed E-state index contributed by atoms with van der Waals surface area (Å²) in [5.41, 5.74) is 4.07. The standard InChI is InChI=1S/C31H26FNO4S.CH4.H2/c1-5-7-8-9-18-38(35,36)33-28-17-13-23(21(3)4)19-27(28)30-26(22-10-14-25(32)15-11-22)16-12-24(31(30)33)20-29(34)37-6-2;;/h1,10-11,13-17,19,21,24H,6,12,20H2,2-4H3;1H4;1H. The van der Waals surface area contributed by atoms with Crippen LogP contribution in [0, 0.1) is 41.2 Å². The SMILES string of the molecule is C.C#CC#CC#CS(=O)(=O)n1c2c(c3cc(C(C)C)ccc31)C(c1ccc(F)cc1)=CCC2CC(=O)OCC.[HH]. The van der Waals surface area contributed by atoms with E-state index in [1.165, 1.54) is 16.1 Å². The van der Waals surface area contributed by atoms with Crippen LogP contribution in [0.15, 0.2) is 48.5 Å². The van der Waals surface area contributed by atoms with Crippen LogP contribution in [-0.4, -0.2) is 25.0 Å². The Morgan fingerprint density at radius 1 is 1.18 bits per heavy atom. The maximum Gasteiger partial charge on any atom is 0.309 e. The van der Waals surface area contributed by atoms with Gasteiger partial charge in [-0.1, -0.05) is 45.5 Å². The topological polar surface area (TPSA) is 65.4 Å². The summed E-state index contributed by atoms with van der Waals surface area (Å²) in [6, 6.07) is 11.7. The van der Waals surface area contributed by atoms with Crippen LogP contribution < -0.4 is 0 Å². The minimum Gasteiger partial charge on any atom is -0.466 e. The first-order valence-corrected chi connectivity index (χ1v) is 13.6. The highest BCUT2D eigenvalue weighted by atomic mass is 32.2. The Balaban J connectivity index is 0.00000280. The van der Waals surface area contributed by atoms with Gasteiger partial charge in [-0.15, -0.1) is 6.42 Å². The van der Waals surface area contributed by atoms with E-state index in [4.69, 9.17) is 11.2 Å². The summed E-state index contributed by atoms with van der Waals surface area (Å²) in [6.07, 6.45) is 7.47. The van der Waals surface area contributed by atoms with Crippen molar-refractivity contribution in [3.63, 3.8) is 0 Å². The fourth-order valence-electron chi connectivity index (χ4n) is 4.74. The zero-order valence-electron chi connectivity index (χ0n) is 21.3. The molecule has 0 amide bonds. The van der Waals surface area contributed by atoms with E-state index in [-0.39, 0.29) is 33.6 Å². The Labute approximate surface area is 231 Å². The summed E-state index contributed by atoms with van der Waals surface area (Å²) in [6.45, 7) is 6.04. The van der Waals surface area contributed by atoms with E-state index >= 15 is 0 Å². The lowest BCUT2D eigenvalue weighted by Gasteiger charge is -2.24. The van der Waals surface area contributed by atoms with Gasteiger partial charge in [-0.05, 0) is 72.1 Å². The molecule has 0 fully saturated rings. The van der Waals surface area contributed by atoms with Gasteiger partial charge in [0.1, 0.15) is 5.82 Å². The average molecular weight is 546 g/mol. The van der Waals surface area contributed by atoms with E-state index in [0.29, 0.717) is 28.6 Å². The molecule has 202 valence electrons. The molecule has 39 heavy (non-hydrogen) atoms. The summed E-state index contributed by atoms with van der Waals surface area (Å²) in [5, 5.41) is 2.97. The third-order valence-electron chi connectivity index (χ3n) is 6.40. The van der Waals surface area contributed by atoms with Gasteiger partial charge in [-0.25, -0.2) is 8.36 Å². The summed E-state index contributed by atoms with van der Waals surface area (Å²) in [5.74, 6) is 7.97. The maximum absolute atomic E-state index is 13.8. The van der Waals surface area contributed by atoms with Crippen molar-refractivity contribution in [1.82, 2.24) is 3.97 Å². The molecule has 1 heterocycles. The van der Waals surface area contributed by atoms with Crippen LogP contribution >= 0.6 is 0 Å². The van der Waals surface area contributed by atoms with Crippen molar-refractivity contribution in [2.45, 2.75) is 52.9 Å². The monoisotopic (exact) mass is 545 g/mol. The molecule has 0 saturated carbocycles. The van der Waals surface area contributed by atoms with Crippen molar-refractivity contribution in [3.05, 3.63) is 76.7 Å². The van der Waals surface area contributed by atoms with Gasteiger partial charge in [0.25, 0.3) is 0 Å². The summed E-state index contributed by atoms with van der Waals surface area (Å²) in [7, 11) is -4.25. The van der Waals surface area contributed by atoms with Crippen molar-refractivity contribution in [1.29, 1.82) is 0 Å². The fraction of sp³-hybridized carbons (Fsp3) is 0.281. The number of hydrogen-bond donors (Lipinski definition) is 0. The average Bonchev–Trinajstić information content (AvgIpc) is 3.24. The molecular formula is C32H32FNO4S. The van der Waals surface area contributed by atoms with Crippen LogP contribution in [0.4, 0.5) is 4.39 Å². The molecule has 0 N–H and O–H groups in total. The molecule has 0 aliphatic heterocycles. The second-order valence-corrected chi connectivity index (χ2v) is 10.7. The van der Waals surface area contributed by atoms with Crippen LogP contribution in [-0.2, 0) is 19.6 Å². The van der Waals surface area contributed by atoms with Gasteiger partial charge in [0.2, 0.25) is 0 Å². The van der Waals surface area contributed by atoms with Gasteiger partial charge >= 0.3 is 16.0 Å². The summed E-state index contributed by atoms with van der Waals surface area (Å²) in [4.78, 5) is 12.6. The van der Waals surface area contributed by atoms with Gasteiger partial charge < -0.3 is 4.74 Å². The van der Waals surface area contributed by atoms with Crippen LogP contribution in [0.25, 0.3) is 16.5 Å². The molecule has 7 heteroatoms. The first-order valence-electron chi connectivity index (χ1n) is 12.2. The van der Waals surface area contributed by atoms with Crippen LogP contribution in [0.5, 0.6) is 0 Å². The number of ether oxygens (including phenoxy) is 1. The van der Waals surface area contributed by atoms with Crippen molar-refractivity contribution in [3.8, 4) is 35.4 Å². The predicted molar refractivity (Wildman–Crippen MR) is 156 cm³/mol. The molecule has 0 saturated heterocycles. The van der Waals surface area contributed by atoms with Gasteiger partial charge in [0, 0.05) is 35.8 Å². The number of carbonyl (C=O) groups excluding carboxylic acids is 1. The van der Waals surface area contributed by atoms with Crippen LogP contribution in [0.1, 0.15) is 76.7 Å². The molecule has 5 nitrogen and oxygen atoms in total. The number of fused-ring (bicyclic) bond motifs is 3. The molecular weight excluding hydrogens is 513 g/mol. The number of carbonyl (C=O) groups is 1. The molecule has 1 unspecified atom stereocenters. The molecule has 1 aliphatic rings. The van der Waals surface area contributed by atoms with E-state index < -0.39 is 21.9 Å². The van der Waals surface area contributed by atoms with E-state index in [1.54, 1.807) is 25.1 Å². The molecule has 1 atom stereocenters. The number of terminal acetylenes is 1.